The average molecular weight is 569 g/mol. The second kappa shape index (κ2) is 12.5. The topological polar surface area (TPSA) is 116 Å². The molecule has 0 saturated carbocycles. The van der Waals surface area contributed by atoms with Crippen molar-refractivity contribution in [2.75, 3.05) is 11.5 Å². The summed E-state index contributed by atoms with van der Waals surface area (Å²) in [6.07, 6.45) is 4.09. The van der Waals surface area contributed by atoms with Crippen LogP contribution in [0.1, 0.15) is 28.8 Å². The summed E-state index contributed by atoms with van der Waals surface area (Å²) in [5, 5.41) is 1.34. The molecule has 0 fully saturated rings. The predicted octanol–water partition coefficient (Wildman–Crippen LogP) is 5.50. The summed E-state index contributed by atoms with van der Waals surface area (Å²) in [4.78, 5) is 50.9. The smallest absolute Gasteiger partial charge is 0.336 e. The summed E-state index contributed by atoms with van der Waals surface area (Å²) >= 11 is 6.99. The number of fused-ring (bicyclic) bond motifs is 1. The molecule has 39 heavy (non-hydrogen) atoms. The van der Waals surface area contributed by atoms with Gasteiger partial charge in [0.25, 0.3) is 5.91 Å². The Morgan fingerprint density at radius 2 is 1.77 bits per heavy atom. The number of hydrogen-bond donors (Lipinski definition) is 1. The summed E-state index contributed by atoms with van der Waals surface area (Å²) in [6.45, 7) is 0.178. The van der Waals surface area contributed by atoms with Crippen molar-refractivity contribution in [2.45, 2.75) is 19.3 Å². The van der Waals surface area contributed by atoms with Gasteiger partial charge in [0.1, 0.15) is 5.82 Å². The fourth-order valence-electron chi connectivity index (χ4n) is 3.90. The summed E-state index contributed by atoms with van der Waals surface area (Å²) in [5.41, 5.74) is 6.23. The number of thiophene rings is 1. The molecule has 2 heterocycles. The summed E-state index contributed by atoms with van der Waals surface area (Å²) < 4.78 is 24.9. The number of aryl methyl sites for hydroxylation is 1. The number of amides is 3. The molecule has 0 saturated heterocycles. The van der Waals surface area contributed by atoms with Crippen LogP contribution in [0.2, 0.25) is 5.02 Å². The van der Waals surface area contributed by atoms with E-state index in [-0.39, 0.29) is 34.2 Å². The second-order valence-electron chi connectivity index (χ2n) is 8.31. The van der Waals surface area contributed by atoms with E-state index >= 15 is 0 Å². The first-order chi connectivity index (χ1) is 18.8. The lowest BCUT2D eigenvalue weighted by atomic mass is 10.0. The van der Waals surface area contributed by atoms with E-state index in [9.17, 15) is 23.6 Å². The van der Waals surface area contributed by atoms with Crippen molar-refractivity contribution in [3.63, 3.8) is 0 Å². The molecule has 200 valence electrons. The molecule has 8 nitrogen and oxygen atoms in total. The van der Waals surface area contributed by atoms with Crippen molar-refractivity contribution in [2.24, 2.45) is 5.73 Å². The first kappa shape index (κ1) is 27.7. The Hall–Kier alpha value is -4.28. The first-order valence-corrected chi connectivity index (χ1v) is 13.0. The maximum Gasteiger partial charge on any atom is 0.336 e. The second-order valence-corrected chi connectivity index (χ2v) is 9.66. The highest BCUT2D eigenvalue weighted by atomic mass is 35.5. The predicted molar refractivity (Wildman–Crippen MR) is 145 cm³/mol. The van der Waals surface area contributed by atoms with Crippen LogP contribution < -0.4 is 10.6 Å². The van der Waals surface area contributed by atoms with Gasteiger partial charge in [0.2, 0.25) is 0 Å². The third-order valence-electron chi connectivity index (χ3n) is 5.66. The molecule has 2 aromatic carbocycles. The Morgan fingerprint density at radius 3 is 2.46 bits per heavy atom. The van der Waals surface area contributed by atoms with Gasteiger partial charge in [0, 0.05) is 17.7 Å². The van der Waals surface area contributed by atoms with Crippen LogP contribution in [0.5, 0.6) is 0 Å². The zero-order chi connectivity index (χ0) is 27.9. The highest BCUT2D eigenvalue weighted by Crippen LogP contribution is 2.44. The van der Waals surface area contributed by atoms with E-state index in [1.54, 1.807) is 17.5 Å². The lowest BCUT2D eigenvalue weighted by Gasteiger charge is -2.12. The van der Waals surface area contributed by atoms with Gasteiger partial charge in [-0.3, -0.25) is 4.79 Å². The van der Waals surface area contributed by atoms with Crippen LogP contribution in [0, 0.1) is 5.82 Å². The highest BCUT2D eigenvalue weighted by molar-refractivity contribution is 7.11. The van der Waals surface area contributed by atoms with Crippen molar-refractivity contribution in [3.8, 4) is 0 Å². The maximum absolute atomic E-state index is 14.3. The number of primary amides is 1. The zero-order valence-electron chi connectivity index (χ0n) is 20.4. The molecule has 2 N–H and O–H groups in total. The van der Waals surface area contributed by atoms with Crippen molar-refractivity contribution >= 4 is 63.8 Å². The molecule has 1 aliphatic rings. The number of urea groups is 1. The van der Waals surface area contributed by atoms with E-state index in [0.717, 1.165) is 48.5 Å². The van der Waals surface area contributed by atoms with E-state index < -0.39 is 29.7 Å². The highest BCUT2D eigenvalue weighted by Gasteiger charge is 2.40. The van der Waals surface area contributed by atoms with E-state index in [1.807, 2.05) is 30.3 Å². The SMILES string of the molecule is NC(=O)N1C(=O)/C(=C(/OC(=O)/C=C/C(=O)OCCCCc2ccccc2)c2cccs2)c2cc(F)c(Cl)cc21. The molecule has 1 aromatic heterocycles. The van der Waals surface area contributed by atoms with Crippen LogP contribution in [-0.2, 0) is 30.3 Å². The van der Waals surface area contributed by atoms with Gasteiger partial charge >= 0.3 is 18.0 Å². The van der Waals surface area contributed by atoms with Gasteiger partial charge in [-0.25, -0.2) is 23.7 Å². The van der Waals surface area contributed by atoms with Gasteiger partial charge in [-0.2, -0.15) is 0 Å². The molecule has 0 atom stereocenters. The number of hydrogen-bond acceptors (Lipinski definition) is 7. The lowest BCUT2D eigenvalue weighted by molar-refractivity contribution is -0.138. The molecule has 0 aliphatic carbocycles. The number of carbonyl (C=O) groups is 4. The van der Waals surface area contributed by atoms with Crippen LogP contribution in [0.4, 0.5) is 14.9 Å². The quantitative estimate of drug-likeness (QED) is 0.158. The van der Waals surface area contributed by atoms with E-state index in [4.69, 9.17) is 26.8 Å². The number of nitrogens with zero attached hydrogens (tertiary/aromatic N) is 1. The number of halogens is 2. The van der Waals surface area contributed by atoms with Crippen molar-refractivity contribution < 1.29 is 33.0 Å². The molecule has 0 radical (unpaired) electrons. The lowest BCUT2D eigenvalue weighted by Crippen LogP contribution is -2.38. The molecule has 11 heteroatoms. The number of rotatable bonds is 9. The fraction of sp³-hybridized carbons (Fsp3) is 0.143. The Labute approximate surface area is 232 Å². The molecule has 0 spiro atoms. The van der Waals surface area contributed by atoms with Crippen molar-refractivity contribution in [1.82, 2.24) is 0 Å². The number of benzene rings is 2. The molecule has 3 amide bonds. The van der Waals surface area contributed by atoms with E-state index in [2.05, 4.69) is 0 Å². The molecule has 4 rings (SSSR count). The van der Waals surface area contributed by atoms with Crippen molar-refractivity contribution in [3.05, 3.63) is 99.0 Å². The third-order valence-corrected chi connectivity index (χ3v) is 6.82. The number of imide groups is 1. The fourth-order valence-corrected chi connectivity index (χ4v) is 4.77. The largest absolute Gasteiger partial charge is 0.463 e. The number of unbranched alkanes of at least 4 members (excludes halogenated alkanes) is 1. The molecule has 3 aromatic rings. The van der Waals surface area contributed by atoms with Crippen molar-refractivity contribution in [1.29, 1.82) is 0 Å². The average Bonchev–Trinajstić information content (AvgIpc) is 3.53. The van der Waals surface area contributed by atoms with Gasteiger partial charge in [-0.05, 0) is 48.4 Å². The monoisotopic (exact) mass is 568 g/mol. The van der Waals surface area contributed by atoms with Gasteiger partial charge < -0.3 is 15.2 Å². The van der Waals surface area contributed by atoms with Crippen LogP contribution in [0.15, 0.2) is 72.1 Å². The van der Waals surface area contributed by atoms with Crippen LogP contribution in [0.3, 0.4) is 0 Å². The number of ether oxygens (including phenoxy) is 2. The van der Waals surface area contributed by atoms with E-state index in [1.165, 1.54) is 5.56 Å². The summed E-state index contributed by atoms with van der Waals surface area (Å²) in [7, 11) is 0. The zero-order valence-corrected chi connectivity index (χ0v) is 22.0. The number of nitrogens with two attached hydrogens (primary N) is 1. The first-order valence-electron chi connectivity index (χ1n) is 11.8. The maximum atomic E-state index is 14.3. The minimum atomic E-state index is -1.12. The molecular weight excluding hydrogens is 547 g/mol. The molecule has 1 aliphatic heterocycles. The third kappa shape index (κ3) is 6.60. The summed E-state index contributed by atoms with van der Waals surface area (Å²) in [5.74, 6) is -3.74. The number of carbonyl (C=O) groups excluding carboxylic acids is 4. The molecule has 0 bridgehead atoms. The minimum absolute atomic E-state index is 0.0317. The van der Waals surface area contributed by atoms with E-state index in [0.29, 0.717) is 16.2 Å². The summed E-state index contributed by atoms with van der Waals surface area (Å²) in [6, 6.07) is 14.0. The van der Waals surface area contributed by atoms with Crippen LogP contribution >= 0.6 is 22.9 Å². The van der Waals surface area contributed by atoms with Crippen LogP contribution in [0.25, 0.3) is 11.3 Å². The number of anilines is 1. The van der Waals surface area contributed by atoms with Gasteiger partial charge in [0.15, 0.2) is 5.76 Å². The Morgan fingerprint density at radius 1 is 1.03 bits per heavy atom. The minimum Gasteiger partial charge on any atom is -0.463 e. The standard InChI is InChI=1S/C28H22ClFN2O6S/c29-19-16-21-18(15-20(19)30)25(27(35)32(21)28(31)36)26(22-10-6-14-39-22)38-24(34)12-11-23(33)37-13-5-4-9-17-7-2-1-3-8-17/h1-3,6-8,10-12,14-16H,4-5,9,13H2,(H2,31,36)/b12-11+,26-25+. The molecule has 0 unspecified atom stereocenters. The van der Waals surface area contributed by atoms with Gasteiger partial charge in [0.05, 0.1) is 27.8 Å². The normalized spacial score (nSPS) is 13.9. The van der Waals surface area contributed by atoms with Crippen LogP contribution in [-0.4, -0.2) is 30.5 Å². The molecular formula is C28H22ClFN2O6S. The number of esters is 2. The Balaban J connectivity index is 1.47. The Bertz CT molecular complexity index is 1470. The van der Waals surface area contributed by atoms with Gasteiger partial charge in [-0.1, -0.05) is 48.0 Å². The van der Waals surface area contributed by atoms with Gasteiger partial charge in [-0.15, -0.1) is 11.3 Å². The Kier molecular flexibility index (Phi) is 8.90.